The topological polar surface area (TPSA) is 119 Å². The minimum Gasteiger partial charge on any atom is -0.394 e. The maximum absolute atomic E-state index is 14.9. The molecule has 0 spiro atoms. The number of nitrogen functional groups attached to an aromatic ring is 1. The first-order chi connectivity index (χ1) is 10.9. The fourth-order valence-electron chi connectivity index (χ4n) is 2.67. The number of hydrogen-bond acceptors (Lipinski definition) is 8. The summed E-state index contributed by atoms with van der Waals surface area (Å²) in [5, 5.41) is 24.0. The molecule has 0 amide bonds. The molecule has 10 heteroatoms. The van der Waals surface area contributed by atoms with E-state index in [-0.39, 0.29) is 5.82 Å². The third kappa shape index (κ3) is 2.55. The number of alkyl halides is 1. The summed E-state index contributed by atoms with van der Waals surface area (Å²) in [6.45, 7) is 2.69. The van der Waals surface area contributed by atoms with E-state index >= 15 is 0 Å². The van der Waals surface area contributed by atoms with Gasteiger partial charge in [0.15, 0.2) is 17.1 Å². The van der Waals surface area contributed by atoms with Crippen molar-refractivity contribution >= 4 is 23.2 Å². The number of imidazole rings is 1. The molecular weight excluding hydrogens is 325 g/mol. The summed E-state index contributed by atoms with van der Waals surface area (Å²) in [5.41, 5.74) is 4.39. The van der Waals surface area contributed by atoms with Gasteiger partial charge in [0.2, 0.25) is 5.16 Å². The van der Waals surface area contributed by atoms with Crippen LogP contribution in [-0.4, -0.2) is 60.0 Å². The van der Waals surface area contributed by atoms with Crippen molar-refractivity contribution < 1.29 is 19.3 Å². The normalized spacial score (nSPS) is 31.1. The molecule has 126 valence electrons. The Balaban J connectivity index is 2.09. The molecule has 23 heavy (non-hydrogen) atoms. The highest BCUT2D eigenvalue weighted by molar-refractivity contribution is 7.99. The first-order valence-electron chi connectivity index (χ1n) is 7.17. The molecule has 0 radical (unpaired) electrons. The number of aromatic nitrogens is 4. The maximum atomic E-state index is 14.9. The zero-order valence-electron chi connectivity index (χ0n) is 12.7. The average molecular weight is 343 g/mol. The molecule has 0 bridgehead atoms. The Labute approximate surface area is 135 Å². The molecule has 2 aromatic rings. The van der Waals surface area contributed by atoms with Gasteiger partial charge in [-0.1, -0.05) is 18.7 Å². The highest BCUT2D eigenvalue weighted by Gasteiger charge is 2.55. The van der Waals surface area contributed by atoms with Crippen LogP contribution in [0.3, 0.4) is 0 Å². The second kappa shape index (κ2) is 5.86. The lowest BCUT2D eigenvalue weighted by molar-refractivity contribution is -0.0249. The van der Waals surface area contributed by atoms with Crippen molar-refractivity contribution in [3.63, 3.8) is 0 Å². The molecule has 1 fully saturated rings. The number of thioether (sulfide) groups is 1. The molecule has 0 aliphatic carbocycles. The minimum atomic E-state index is -2.10. The molecule has 2 aromatic heterocycles. The van der Waals surface area contributed by atoms with Crippen molar-refractivity contribution in [2.75, 3.05) is 18.1 Å². The zero-order chi connectivity index (χ0) is 16.8. The average Bonchev–Trinajstić information content (AvgIpc) is 3.00. The van der Waals surface area contributed by atoms with Crippen LogP contribution >= 0.6 is 11.8 Å². The second-order valence-corrected chi connectivity index (χ2v) is 6.70. The van der Waals surface area contributed by atoms with Gasteiger partial charge in [0.25, 0.3) is 0 Å². The first-order valence-corrected chi connectivity index (χ1v) is 8.16. The minimum absolute atomic E-state index is 0.181. The van der Waals surface area contributed by atoms with E-state index < -0.39 is 30.6 Å². The SMILES string of the molecule is CCSc1nc(N)c2ncc([C@@H]3O[C@H](CO)[C@@H](O)[C@@]3(C)F)n2n1. The lowest BCUT2D eigenvalue weighted by Crippen LogP contribution is -2.39. The number of aliphatic hydroxyl groups is 2. The van der Waals surface area contributed by atoms with E-state index in [1.54, 1.807) is 0 Å². The van der Waals surface area contributed by atoms with Crippen molar-refractivity contribution in [3.8, 4) is 0 Å². The number of hydrogen-bond donors (Lipinski definition) is 3. The van der Waals surface area contributed by atoms with Gasteiger partial charge in [-0.2, -0.15) is 0 Å². The molecule has 1 aliphatic heterocycles. The zero-order valence-corrected chi connectivity index (χ0v) is 13.5. The molecule has 4 atom stereocenters. The summed E-state index contributed by atoms with van der Waals surface area (Å²) in [7, 11) is 0. The molecule has 0 unspecified atom stereocenters. The lowest BCUT2D eigenvalue weighted by Gasteiger charge is -2.23. The van der Waals surface area contributed by atoms with Crippen molar-refractivity contribution in [2.24, 2.45) is 0 Å². The molecular formula is C13H18FN5O3S. The summed E-state index contributed by atoms with van der Waals surface area (Å²) in [5.74, 6) is 0.932. The van der Waals surface area contributed by atoms with E-state index in [0.29, 0.717) is 16.5 Å². The van der Waals surface area contributed by atoms with Gasteiger partial charge < -0.3 is 20.7 Å². The fraction of sp³-hybridized carbons (Fsp3) is 0.615. The number of aliphatic hydroxyl groups excluding tert-OH is 2. The number of rotatable bonds is 4. The molecule has 4 N–H and O–H groups in total. The van der Waals surface area contributed by atoms with Gasteiger partial charge in [-0.05, 0) is 12.7 Å². The Morgan fingerprint density at radius 1 is 1.57 bits per heavy atom. The van der Waals surface area contributed by atoms with E-state index in [0.717, 1.165) is 5.75 Å². The molecule has 1 aliphatic rings. The van der Waals surface area contributed by atoms with Crippen LogP contribution in [0, 0.1) is 0 Å². The molecule has 8 nitrogen and oxygen atoms in total. The Bertz CT molecular complexity index is 725. The smallest absolute Gasteiger partial charge is 0.209 e. The lowest BCUT2D eigenvalue weighted by atomic mass is 9.93. The van der Waals surface area contributed by atoms with Crippen molar-refractivity contribution in [1.82, 2.24) is 19.6 Å². The predicted octanol–water partition coefficient (Wildman–Crippen LogP) is 0.340. The van der Waals surface area contributed by atoms with Crippen LogP contribution in [-0.2, 0) is 4.74 Å². The summed E-state index contributed by atoms with van der Waals surface area (Å²) in [6.07, 6.45) is -2.19. The Hall–Kier alpha value is -1.49. The van der Waals surface area contributed by atoms with Crippen molar-refractivity contribution in [1.29, 1.82) is 0 Å². The van der Waals surface area contributed by atoms with Crippen LogP contribution in [0.25, 0.3) is 5.65 Å². The number of nitrogens with two attached hydrogens (primary N) is 1. The Morgan fingerprint density at radius 2 is 2.30 bits per heavy atom. The highest BCUT2D eigenvalue weighted by Crippen LogP contribution is 2.44. The first kappa shape index (κ1) is 16.4. The van der Waals surface area contributed by atoms with Gasteiger partial charge >= 0.3 is 0 Å². The van der Waals surface area contributed by atoms with E-state index in [1.807, 2.05) is 6.92 Å². The summed E-state index contributed by atoms with van der Waals surface area (Å²) in [4.78, 5) is 8.25. The second-order valence-electron chi connectivity index (χ2n) is 5.46. The van der Waals surface area contributed by atoms with Crippen LogP contribution in [0.4, 0.5) is 10.2 Å². The largest absolute Gasteiger partial charge is 0.394 e. The van der Waals surface area contributed by atoms with E-state index in [2.05, 4.69) is 15.1 Å². The van der Waals surface area contributed by atoms with Crippen molar-refractivity contribution in [2.45, 2.75) is 43.0 Å². The maximum Gasteiger partial charge on any atom is 0.209 e. The van der Waals surface area contributed by atoms with Crippen LogP contribution < -0.4 is 5.73 Å². The van der Waals surface area contributed by atoms with Gasteiger partial charge in [0.05, 0.1) is 18.5 Å². The number of ether oxygens (including phenoxy) is 1. The Kier molecular flexibility index (Phi) is 4.17. The van der Waals surface area contributed by atoms with Crippen LogP contribution in [0.2, 0.25) is 0 Å². The van der Waals surface area contributed by atoms with Crippen molar-refractivity contribution in [3.05, 3.63) is 11.9 Å². The summed E-state index contributed by atoms with van der Waals surface area (Å²) < 4.78 is 21.8. The molecule has 0 aromatic carbocycles. The van der Waals surface area contributed by atoms with Gasteiger partial charge in [0.1, 0.15) is 18.3 Å². The molecule has 3 heterocycles. The molecule has 1 saturated heterocycles. The third-order valence-corrected chi connectivity index (χ3v) is 4.59. The standard InChI is InChI=1S/C13H18FN5O3S/c1-3-23-12-17-10(15)11-16-4-6(19(11)18-12)9-13(2,14)8(21)7(5-20)22-9/h4,7-9,20-21H,3,5H2,1-2H3,(H2,15,17,18)/t7-,8-,9+,13-/m1/s1. The van der Waals surface area contributed by atoms with E-state index in [1.165, 1.54) is 29.4 Å². The number of halogens is 1. The quantitative estimate of drug-likeness (QED) is 0.680. The van der Waals surface area contributed by atoms with Gasteiger partial charge in [-0.15, -0.1) is 5.10 Å². The predicted molar refractivity (Wildman–Crippen MR) is 81.8 cm³/mol. The monoisotopic (exact) mass is 343 g/mol. The van der Waals surface area contributed by atoms with Crippen LogP contribution in [0.15, 0.2) is 11.4 Å². The number of nitrogens with zero attached hydrogens (tertiary/aromatic N) is 4. The summed E-state index contributed by atoms with van der Waals surface area (Å²) in [6, 6.07) is 0. The van der Waals surface area contributed by atoms with E-state index in [9.17, 15) is 14.6 Å². The highest BCUT2D eigenvalue weighted by atomic mass is 32.2. The Morgan fingerprint density at radius 3 is 2.91 bits per heavy atom. The third-order valence-electron chi connectivity index (χ3n) is 3.87. The van der Waals surface area contributed by atoms with Gasteiger partial charge in [-0.3, -0.25) is 0 Å². The van der Waals surface area contributed by atoms with Gasteiger partial charge in [-0.25, -0.2) is 18.9 Å². The van der Waals surface area contributed by atoms with Gasteiger partial charge in [0, 0.05) is 0 Å². The number of anilines is 1. The van der Waals surface area contributed by atoms with Crippen LogP contribution in [0.1, 0.15) is 25.6 Å². The molecule has 0 saturated carbocycles. The fourth-order valence-corrected chi connectivity index (χ4v) is 3.23. The summed E-state index contributed by atoms with van der Waals surface area (Å²) >= 11 is 1.39. The van der Waals surface area contributed by atoms with E-state index in [4.69, 9.17) is 10.5 Å². The molecule has 3 rings (SSSR count). The van der Waals surface area contributed by atoms with Crippen LogP contribution in [0.5, 0.6) is 0 Å². The number of fused-ring (bicyclic) bond motifs is 1.